The van der Waals surface area contributed by atoms with E-state index in [2.05, 4.69) is 23.1 Å². The van der Waals surface area contributed by atoms with Crippen LogP contribution in [0.2, 0.25) is 0 Å². The fourth-order valence-electron chi connectivity index (χ4n) is 2.29. The molecule has 0 bridgehead atoms. The van der Waals surface area contributed by atoms with Crippen molar-refractivity contribution in [3.05, 3.63) is 29.8 Å². The second-order valence-corrected chi connectivity index (χ2v) is 4.38. The molecular weight excluding hydrogens is 198 g/mol. The molecule has 1 aliphatic rings. The van der Waals surface area contributed by atoms with Gasteiger partial charge in [0.2, 0.25) is 0 Å². The lowest BCUT2D eigenvalue weighted by atomic mass is 10.1. The summed E-state index contributed by atoms with van der Waals surface area (Å²) in [6.45, 7) is 6.30. The maximum absolute atomic E-state index is 5.65. The van der Waals surface area contributed by atoms with Crippen molar-refractivity contribution in [3.8, 4) is 5.75 Å². The van der Waals surface area contributed by atoms with E-state index >= 15 is 0 Å². The van der Waals surface area contributed by atoms with Crippen molar-refractivity contribution in [2.45, 2.75) is 32.7 Å². The summed E-state index contributed by atoms with van der Waals surface area (Å²) in [5.41, 5.74) is 1.33. The van der Waals surface area contributed by atoms with Gasteiger partial charge in [0.15, 0.2) is 0 Å². The first kappa shape index (κ1) is 11.5. The second-order valence-electron chi connectivity index (χ2n) is 4.38. The summed E-state index contributed by atoms with van der Waals surface area (Å²) in [4.78, 5) is 2.53. The first-order valence-corrected chi connectivity index (χ1v) is 6.33. The Morgan fingerprint density at radius 2 is 1.88 bits per heavy atom. The molecule has 88 valence electrons. The highest BCUT2D eigenvalue weighted by Crippen LogP contribution is 2.21. The van der Waals surface area contributed by atoms with E-state index < -0.39 is 0 Å². The molecule has 0 amide bonds. The molecule has 0 unspecified atom stereocenters. The molecule has 0 spiro atoms. The monoisotopic (exact) mass is 219 g/mol. The van der Waals surface area contributed by atoms with Crippen LogP contribution in [0.25, 0.3) is 0 Å². The van der Waals surface area contributed by atoms with Crippen LogP contribution in [0.15, 0.2) is 24.3 Å². The van der Waals surface area contributed by atoms with Gasteiger partial charge in [-0.2, -0.15) is 0 Å². The highest BCUT2D eigenvalue weighted by molar-refractivity contribution is 5.33. The van der Waals surface area contributed by atoms with E-state index in [1.807, 2.05) is 13.0 Å². The quantitative estimate of drug-likeness (QED) is 0.771. The lowest BCUT2D eigenvalue weighted by Gasteiger charge is -2.27. The number of ether oxygens (including phenoxy) is 1. The molecule has 0 N–H and O–H groups in total. The van der Waals surface area contributed by atoms with Gasteiger partial charge in [0.1, 0.15) is 5.75 Å². The van der Waals surface area contributed by atoms with Crippen LogP contribution < -0.4 is 4.74 Å². The number of hydrogen-bond donors (Lipinski definition) is 0. The fraction of sp³-hybridized carbons (Fsp3) is 0.571. The smallest absolute Gasteiger partial charge is 0.123 e. The van der Waals surface area contributed by atoms with Crippen molar-refractivity contribution in [1.29, 1.82) is 0 Å². The maximum atomic E-state index is 5.65. The lowest BCUT2D eigenvalue weighted by Crippen LogP contribution is -2.29. The van der Waals surface area contributed by atoms with Crippen molar-refractivity contribution in [2.24, 2.45) is 0 Å². The van der Waals surface area contributed by atoms with Crippen molar-refractivity contribution >= 4 is 0 Å². The molecule has 2 heteroatoms. The van der Waals surface area contributed by atoms with Gasteiger partial charge in [-0.1, -0.05) is 24.6 Å². The van der Waals surface area contributed by atoms with Crippen LogP contribution in [0.4, 0.5) is 0 Å². The Balaban J connectivity index is 2.01. The van der Waals surface area contributed by atoms with Crippen molar-refractivity contribution in [2.75, 3.05) is 19.7 Å². The molecule has 0 aliphatic carbocycles. The van der Waals surface area contributed by atoms with Crippen LogP contribution in [0.3, 0.4) is 0 Å². The van der Waals surface area contributed by atoms with Crippen LogP contribution >= 0.6 is 0 Å². The Hall–Kier alpha value is -1.02. The Kier molecular flexibility index (Phi) is 4.23. The Bertz CT molecular complexity index is 318. The third-order valence-electron chi connectivity index (χ3n) is 3.12. The summed E-state index contributed by atoms with van der Waals surface area (Å²) in [6, 6.07) is 8.40. The van der Waals surface area contributed by atoms with Gasteiger partial charge in [-0.15, -0.1) is 0 Å². The molecule has 1 saturated heterocycles. The number of hydrogen-bond acceptors (Lipinski definition) is 2. The molecule has 16 heavy (non-hydrogen) atoms. The highest BCUT2D eigenvalue weighted by Gasteiger charge is 2.12. The topological polar surface area (TPSA) is 12.5 Å². The molecule has 0 saturated carbocycles. The van der Waals surface area contributed by atoms with E-state index in [1.165, 1.54) is 37.9 Å². The average molecular weight is 219 g/mol. The van der Waals surface area contributed by atoms with Crippen LogP contribution in [0, 0.1) is 0 Å². The lowest BCUT2D eigenvalue weighted by molar-refractivity contribution is 0.216. The van der Waals surface area contributed by atoms with Gasteiger partial charge in [-0.3, -0.25) is 4.90 Å². The summed E-state index contributed by atoms with van der Waals surface area (Å²) >= 11 is 0. The highest BCUT2D eigenvalue weighted by atomic mass is 16.5. The molecule has 1 aromatic rings. The van der Waals surface area contributed by atoms with E-state index in [1.54, 1.807) is 0 Å². The number of likely N-dealkylation sites (tertiary alicyclic amines) is 1. The zero-order chi connectivity index (χ0) is 11.2. The molecular formula is C14H21NO. The zero-order valence-corrected chi connectivity index (χ0v) is 10.1. The third-order valence-corrected chi connectivity index (χ3v) is 3.12. The number of benzene rings is 1. The Morgan fingerprint density at radius 1 is 1.12 bits per heavy atom. The molecule has 2 rings (SSSR count). The summed E-state index contributed by atoms with van der Waals surface area (Å²) in [5.74, 6) is 1.05. The SMILES string of the molecule is CCOc1ccccc1CN1CCCCC1. The predicted molar refractivity (Wildman–Crippen MR) is 66.7 cm³/mol. The van der Waals surface area contributed by atoms with Crippen LogP contribution in [-0.2, 0) is 6.54 Å². The molecule has 1 fully saturated rings. The molecule has 0 radical (unpaired) electrons. The van der Waals surface area contributed by atoms with Crippen molar-refractivity contribution in [3.63, 3.8) is 0 Å². The van der Waals surface area contributed by atoms with Crippen molar-refractivity contribution in [1.82, 2.24) is 4.90 Å². The third kappa shape index (κ3) is 2.99. The summed E-state index contributed by atoms with van der Waals surface area (Å²) in [7, 11) is 0. The largest absolute Gasteiger partial charge is 0.494 e. The molecule has 1 heterocycles. The summed E-state index contributed by atoms with van der Waals surface area (Å²) in [5, 5.41) is 0. The minimum Gasteiger partial charge on any atom is -0.494 e. The van der Waals surface area contributed by atoms with E-state index in [-0.39, 0.29) is 0 Å². The van der Waals surface area contributed by atoms with Gasteiger partial charge in [0.05, 0.1) is 6.61 Å². The molecule has 0 atom stereocenters. The fourth-order valence-corrected chi connectivity index (χ4v) is 2.29. The van der Waals surface area contributed by atoms with E-state index in [4.69, 9.17) is 4.74 Å². The second kappa shape index (κ2) is 5.90. The van der Waals surface area contributed by atoms with E-state index in [0.29, 0.717) is 0 Å². The average Bonchev–Trinajstić information content (AvgIpc) is 2.33. The predicted octanol–water partition coefficient (Wildman–Crippen LogP) is 3.07. The minimum absolute atomic E-state index is 0.747. The molecule has 2 nitrogen and oxygen atoms in total. The van der Waals surface area contributed by atoms with E-state index in [9.17, 15) is 0 Å². The number of piperidine rings is 1. The van der Waals surface area contributed by atoms with Crippen LogP contribution in [0.5, 0.6) is 5.75 Å². The number of nitrogens with zero attached hydrogens (tertiary/aromatic N) is 1. The summed E-state index contributed by atoms with van der Waals surface area (Å²) in [6.07, 6.45) is 4.08. The van der Waals surface area contributed by atoms with Gasteiger partial charge < -0.3 is 4.74 Å². The van der Waals surface area contributed by atoms with Gasteiger partial charge in [-0.25, -0.2) is 0 Å². The molecule has 1 aromatic carbocycles. The van der Waals surface area contributed by atoms with Crippen molar-refractivity contribution < 1.29 is 4.74 Å². The number of rotatable bonds is 4. The molecule has 0 aromatic heterocycles. The first-order valence-electron chi connectivity index (χ1n) is 6.33. The minimum atomic E-state index is 0.747. The Morgan fingerprint density at radius 3 is 2.62 bits per heavy atom. The first-order chi connectivity index (χ1) is 7.90. The van der Waals surface area contributed by atoms with Gasteiger partial charge in [0.25, 0.3) is 0 Å². The van der Waals surface area contributed by atoms with Crippen LogP contribution in [-0.4, -0.2) is 24.6 Å². The van der Waals surface area contributed by atoms with Crippen LogP contribution in [0.1, 0.15) is 31.7 Å². The van der Waals surface area contributed by atoms with Gasteiger partial charge >= 0.3 is 0 Å². The summed E-state index contributed by atoms with van der Waals surface area (Å²) < 4.78 is 5.65. The molecule has 1 aliphatic heterocycles. The normalized spacial score (nSPS) is 17.3. The number of para-hydroxylation sites is 1. The standard InChI is InChI=1S/C14H21NO/c1-2-16-14-9-5-4-8-13(14)12-15-10-6-3-7-11-15/h4-5,8-9H,2-3,6-7,10-12H2,1H3. The van der Waals surface area contributed by atoms with Gasteiger partial charge in [-0.05, 0) is 38.9 Å². The maximum Gasteiger partial charge on any atom is 0.123 e. The Labute approximate surface area is 98.2 Å². The van der Waals surface area contributed by atoms with Gasteiger partial charge in [0, 0.05) is 12.1 Å². The van der Waals surface area contributed by atoms with E-state index in [0.717, 1.165) is 18.9 Å². The zero-order valence-electron chi connectivity index (χ0n) is 10.1.